The molecule has 0 aliphatic heterocycles. The summed E-state index contributed by atoms with van der Waals surface area (Å²) in [5.41, 5.74) is 3.51. The average Bonchev–Trinajstić information content (AvgIpc) is 3.00. The number of hydrogen-bond donors (Lipinski definition) is 1. The molecule has 0 radical (unpaired) electrons. The van der Waals surface area contributed by atoms with E-state index in [9.17, 15) is 18.0 Å². The van der Waals surface area contributed by atoms with Gasteiger partial charge in [0.25, 0.3) is 10.0 Å². The third-order valence-corrected chi connectivity index (χ3v) is 10.4. The molecule has 47 heavy (non-hydrogen) atoms. The Morgan fingerprint density at radius 1 is 0.809 bits per heavy atom. The Balaban J connectivity index is 1.88. The molecule has 0 bridgehead atoms. The van der Waals surface area contributed by atoms with E-state index >= 15 is 0 Å². The van der Waals surface area contributed by atoms with E-state index in [1.54, 1.807) is 42.5 Å². The average molecular weight is 695 g/mol. The molecule has 0 aliphatic carbocycles. The normalized spacial score (nSPS) is 12.3. The van der Waals surface area contributed by atoms with E-state index in [0.29, 0.717) is 26.9 Å². The lowest BCUT2D eigenvalue weighted by atomic mass is 10.0. The van der Waals surface area contributed by atoms with Gasteiger partial charge in [0.2, 0.25) is 11.8 Å². The minimum absolute atomic E-state index is 0.0452. The molecule has 1 N–H and O–H groups in total. The van der Waals surface area contributed by atoms with Crippen molar-refractivity contribution < 1.29 is 18.0 Å². The van der Waals surface area contributed by atoms with Gasteiger partial charge in [-0.25, -0.2) is 8.42 Å². The summed E-state index contributed by atoms with van der Waals surface area (Å²) >= 11 is 13.2. The topological polar surface area (TPSA) is 86.8 Å². The van der Waals surface area contributed by atoms with Crippen LogP contribution < -0.4 is 9.62 Å². The number of hydrogen-bond acceptors (Lipinski definition) is 4. The Bertz CT molecular complexity index is 1820. The van der Waals surface area contributed by atoms with Crippen LogP contribution in [-0.4, -0.2) is 43.3 Å². The molecule has 4 aromatic rings. The molecular weight excluding hydrogens is 653 g/mol. The third-order valence-electron chi connectivity index (χ3n) is 7.89. The molecule has 0 fully saturated rings. The van der Waals surface area contributed by atoms with Crippen LogP contribution in [0.15, 0.2) is 95.9 Å². The summed E-state index contributed by atoms with van der Waals surface area (Å²) in [4.78, 5) is 30.2. The van der Waals surface area contributed by atoms with Crippen LogP contribution in [0.2, 0.25) is 10.0 Å². The zero-order valence-corrected chi connectivity index (χ0v) is 29.9. The molecule has 248 valence electrons. The summed E-state index contributed by atoms with van der Waals surface area (Å²) in [5.74, 6) is -0.986. The van der Waals surface area contributed by atoms with Gasteiger partial charge in [-0.2, -0.15) is 0 Å². The van der Waals surface area contributed by atoms with Crippen molar-refractivity contribution in [3.63, 3.8) is 0 Å². The van der Waals surface area contributed by atoms with Crippen molar-refractivity contribution in [1.82, 2.24) is 10.2 Å². The maximum absolute atomic E-state index is 14.7. The Hall–Kier alpha value is -3.85. The Kier molecular flexibility index (Phi) is 11.4. The number of amides is 2. The Morgan fingerprint density at radius 3 is 2.00 bits per heavy atom. The number of anilines is 1. The van der Waals surface area contributed by atoms with Crippen LogP contribution >= 0.6 is 23.2 Å². The number of nitrogens with zero attached hydrogens (tertiary/aromatic N) is 2. The van der Waals surface area contributed by atoms with E-state index in [4.69, 9.17) is 23.2 Å². The fraction of sp³-hybridized carbons (Fsp3) is 0.297. The van der Waals surface area contributed by atoms with Gasteiger partial charge in [-0.05, 0) is 88.6 Å². The lowest BCUT2D eigenvalue weighted by molar-refractivity contribution is -0.140. The quantitative estimate of drug-likeness (QED) is 0.175. The Labute approximate surface area is 288 Å². The summed E-state index contributed by atoms with van der Waals surface area (Å²) in [6.45, 7) is 10.5. The molecule has 7 nitrogen and oxygen atoms in total. The van der Waals surface area contributed by atoms with Gasteiger partial charge in [0.05, 0.1) is 10.6 Å². The number of carbonyl (C=O) groups is 2. The first-order chi connectivity index (χ1) is 22.1. The van der Waals surface area contributed by atoms with Gasteiger partial charge in [-0.15, -0.1) is 0 Å². The lowest BCUT2D eigenvalue weighted by Crippen LogP contribution is -2.56. The van der Waals surface area contributed by atoms with Crippen LogP contribution in [0.1, 0.15) is 48.6 Å². The predicted molar refractivity (Wildman–Crippen MR) is 190 cm³/mol. The molecule has 0 unspecified atom stereocenters. The minimum atomic E-state index is -4.23. The van der Waals surface area contributed by atoms with E-state index in [1.165, 1.54) is 17.0 Å². The van der Waals surface area contributed by atoms with Crippen molar-refractivity contribution in [2.45, 2.75) is 71.0 Å². The zero-order chi connectivity index (χ0) is 34.5. The molecule has 4 aromatic carbocycles. The molecule has 4 rings (SSSR count). The molecule has 0 spiro atoms. The van der Waals surface area contributed by atoms with E-state index < -0.39 is 40.0 Å². The molecule has 0 aliphatic rings. The Morgan fingerprint density at radius 2 is 1.40 bits per heavy atom. The third kappa shape index (κ3) is 8.95. The summed E-state index contributed by atoms with van der Waals surface area (Å²) in [5, 5.41) is 3.67. The summed E-state index contributed by atoms with van der Waals surface area (Å²) in [6, 6.07) is 25.2. The molecule has 0 saturated carbocycles. The number of aryl methyl sites for hydroxylation is 2. The van der Waals surface area contributed by atoms with E-state index in [1.807, 2.05) is 77.9 Å². The van der Waals surface area contributed by atoms with Crippen molar-refractivity contribution in [3.8, 4) is 0 Å². The van der Waals surface area contributed by atoms with Gasteiger partial charge in [0.1, 0.15) is 12.6 Å². The molecule has 0 aromatic heterocycles. The highest BCUT2D eigenvalue weighted by Crippen LogP contribution is 2.31. The maximum Gasteiger partial charge on any atom is 0.264 e. The first-order valence-corrected chi connectivity index (χ1v) is 17.5. The fourth-order valence-electron chi connectivity index (χ4n) is 5.22. The highest BCUT2D eigenvalue weighted by atomic mass is 35.5. The number of nitrogens with one attached hydrogen (secondary N) is 1. The minimum Gasteiger partial charge on any atom is -0.350 e. The number of carbonyl (C=O) groups excluding carboxylic acids is 2. The van der Waals surface area contributed by atoms with Crippen LogP contribution in [-0.2, 0) is 32.6 Å². The van der Waals surface area contributed by atoms with Crippen molar-refractivity contribution in [2.75, 3.05) is 10.8 Å². The van der Waals surface area contributed by atoms with Crippen molar-refractivity contribution in [1.29, 1.82) is 0 Å². The SMILES string of the molecule is Cc1ccc(S(=O)(=O)N(CC(=O)N(Cc2c(Cl)cccc2Cl)[C@@H](Cc2ccccc2)C(=O)NC(C)(C)C)c2cccc(C)c2C)cc1. The summed E-state index contributed by atoms with van der Waals surface area (Å²) in [7, 11) is -4.23. The van der Waals surface area contributed by atoms with Crippen LogP contribution in [0, 0.1) is 20.8 Å². The van der Waals surface area contributed by atoms with Crippen molar-refractivity contribution in [2.24, 2.45) is 0 Å². The van der Waals surface area contributed by atoms with E-state index in [0.717, 1.165) is 21.0 Å². The molecular formula is C37H41Cl2N3O4S. The molecule has 2 amide bonds. The fourth-order valence-corrected chi connectivity index (χ4v) is 7.21. The summed E-state index contributed by atoms with van der Waals surface area (Å²) < 4.78 is 29.8. The predicted octanol–water partition coefficient (Wildman–Crippen LogP) is 7.67. The summed E-state index contributed by atoms with van der Waals surface area (Å²) in [6.07, 6.45) is 0.171. The van der Waals surface area contributed by atoms with Crippen molar-refractivity contribution >= 4 is 50.7 Å². The number of rotatable bonds is 11. The van der Waals surface area contributed by atoms with Crippen LogP contribution in [0.3, 0.4) is 0 Å². The second-order valence-corrected chi connectivity index (χ2v) is 15.4. The van der Waals surface area contributed by atoms with Crippen molar-refractivity contribution in [3.05, 3.63) is 129 Å². The molecule has 1 atom stereocenters. The zero-order valence-electron chi connectivity index (χ0n) is 27.6. The number of benzene rings is 4. The smallest absolute Gasteiger partial charge is 0.264 e. The standard InChI is InChI=1S/C37H41Cl2N3O4S/c1-25-18-20-29(21-19-25)47(45,46)42(33-17-10-12-26(2)27(33)3)24-35(43)41(23-30-31(38)15-11-16-32(30)39)34(36(44)40-37(4,5)6)22-28-13-8-7-9-14-28/h7-21,34H,22-24H2,1-6H3,(H,40,44)/t34-/m0/s1. The maximum atomic E-state index is 14.7. The van der Waals surface area contributed by atoms with Gasteiger partial charge in [-0.1, -0.05) is 89.4 Å². The van der Waals surface area contributed by atoms with Gasteiger partial charge < -0.3 is 10.2 Å². The number of halogens is 2. The largest absolute Gasteiger partial charge is 0.350 e. The lowest BCUT2D eigenvalue weighted by Gasteiger charge is -2.36. The molecule has 0 saturated heterocycles. The molecule has 0 heterocycles. The highest BCUT2D eigenvalue weighted by Gasteiger charge is 2.36. The van der Waals surface area contributed by atoms with Gasteiger partial charge >= 0.3 is 0 Å². The van der Waals surface area contributed by atoms with E-state index in [-0.39, 0.29) is 17.9 Å². The second-order valence-electron chi connectivity index (χ2n) is 12.7. The second kappa shape index (κ2) is 14.9. The van der Waals surface area contributed by atoms with Gasteiger partial charge in [0, 0.05) is 34.1 Å². The van der Waals surface area contributed by atoms with Gasteiger partial charge in [0.15, 0.2) is 0 Å². The molecule has 10 heteroatoms. The first kappa shape index (κ1) is 36.0. The van der Waals surface area contributed by atoms with Crippen LogP contribution in [0.25, 0.3) is 0 Å². The van der Waals surface area contributed by atoms with Crippen LogP contribution in [0.4, 0.5) is 5.69 Å². The van der Waals surface area contributed by atoms with Gasteiger partial charge in [-0.3, -0.25) is 13.9 Å². The van der Waals surface area contributed by atoms with Crippen LogP contribution in [0.5, 0.6) is 0 Å². The first-order valence-electron chi connectivity index (χ1n) is 15.3. The monoisotopic (exact) mass is 693 g/mol. The highest BCUT2D eigenvalue weighted by molar-refractivity contribution is 7.92. The number of sulfonamides is 1. The van der Waals surface area contributed by atoms with E-state index in [2.05, 4.69) is 5.32 Å².